The maximum Gasteiger partial charge on any atom is 0.220 e. The molecule has 1 fully saturated rings. The van der Waals surface area contributed by atoms with Crippen molar-refractivity contribution in [3.8, 4) is 17.2 Å². The van der Waals surface area contributed by atoms with Gasteiger partial charge in [-0.05, 0) is 44.7 Å². The van der Waals surface area contributed by atoms with Crippen LogP contribution in [0.1, 0.15) is 32.1 Å². The summed E-state index contributed by atoms with van der Waals surface area (Å²) in [5.41, 5.74) is 0. The molecule has 0 saturated carbocycles. The van der Waals surface area contributed by atoms with Gasteiger partial charge in [-0.25, -0.2) is 0 Å². The molecule has 0 spiro atoms. The van der Waals surface area contributed by atoms with E-state index in [9.17, 15) is 4.79 Å². The van der Waals surface area contributed by atoms with Crippen molar-refractivity contribution in [2.75, 3.05) is 40.5 Å². The molecule has 148 valence electrons. The minimum absolute atomic E-state index is 0. The number of piperidine rings is 1. The van der Waals surface area contributed by atoms with Crippen LogP contribution >= 0.6 is 12.4 Å². The summed E-state index contributed by atoms with van der Waals surface area (Å²) in [6.45, 7) is 3.33. The monoisotopic (exact) mass is 386 g/mol. The minimum Gasteiger partial charge on any atom is -0.496 e. The van der Waals surface area contributed by atoms with E-state index >= 15 is 0 Å². The molecule has 0 aliphatic carbocycles. The number of hydrogen-bond acceptors (Lipinski definition) is 5. The molecule has 26 heavy (non-hydrogen) atoms. The van der Waals surface area contributed by atoms with E-state index in [4.69, 9.17) is 14.2 Å². The Hall–Kier alpha value is -1.66. The zero-order valence-electron chi connectivity index (χ0n) is 15.7. The third kappa shape index (κ3) is 8.15. The number of carbonyl (C=O) groups excluding carboxylic acids is 1. The second-order valence-electron chi connectivity index (χ2n) is 6.33. The summed E-state index contributed by atoms with van der Waals surface area (Å²) < 4.78 is 16.1. The SMILES string of the molecule is COc1cc(OC)cc(OCCCNC(=O)CCC2CCNCC2)c1.Cl. The lowest BCUT2D eigenvalue weighted by Crippen LogP contribution is -2.30. The van der Waals surface area contributed by atoms with Gasteiger partial charge in [-0.1, -0.05) is 0 Å². The molecular formula is C19H31ClN2O4. The van der Waals surface area contributed by atoms with Gasteiger partial charge in [0.15, 0.2) is 0 Å². The molecule has 0 aromatic heterocycles. The lowest BCUT2D eigenvalue weighted by molar-refractivity contribution is -0.121. The third-order valence-electron chi connectivity index (χ3n) is 4.48. The first-order chi connectivity index (χ1) is 12.2. The van der Waals surface area contributed by atoms with Crippen molar-refractivity contribution in [2.24, 2.45) is 5.92 Å². The summed E-state index contributed by atoms with van der Waals surface area (Å²) in [6, 6.07) is 5.44. The van der Waals surface area contributed by atoms with Gasteiger partial charge in [0.2, 0.25) is 5.91 Å². The van der Waals surface area contributed by atoms with Crippen LogP contribution in [0.3, 0.4) is 0 Å². The lowest BCUT2D eigenvalue weighted by Gasteiger charge is -2.22. The predicted octanol–water partition coefficient (Wildman–Crippen LogP) is 2.79. The van der Waals surface area contributed by atoms with Crippen LogP contribution < -0.4 is 24.8 Å². The van der Waals surface area contributed by atoms with Gasteiger partial charge in [-0.2, -0.15) is 0 Å². The fourth-order valence-electron chi connectivity index (χ4n) is 2.95. The molecule has 1 heterocycles. The normalized spacial score (nSPS) is 14.2. The molecule has 7 heteroatoms. The van der Waals surface area contributed by atoms with Gasteiger partial charge in [0.25, 0.3) is 0 Å². The number of hydrogen-bond donors (Lipinski definition) is 2. The van der Waals surface area contributed by atoms with Crippen molar-refractivity contribution in [2.45, 2.75) is 32.1 Å². The van der Waals surface area contributed by atoms with Gasteiger partial charge in [-0.3, -0.25) is 4.79 Å². The van der Waals surface area contributed by atoms with Crippen LogP contribution in [-0.2, 0) is 4.79 Å². The molecule has 6 nitrogen and oxygen atoms in total. The van der Waals surface area contributed by atoms with Crippen molar-refractivity contribution in [3.63, 3.8) is 0 Å². The first-order valence-corrected chi connectivity index (χ1v) is 9.04. The number of ether oxygens (including phenoxy) is 3. The van der Waals surface area contributed by atoms with Crippen molar-refractivity contribution < 1.29 is 19.0 Å². The average molecular weight is 387 g/mol. The Balaban J connectivity index is 0.00000338. The molecule has 2 rings (SSSR count). The highest BCUT2D eigenvalue weighted by atomic mass is 35.5. The van der Waals surface area contributed by atoms with Crippen LogP contribution in [-0.4, -0.2) is 46.4 Å². The summed E-state index contributed by atoms with van der Waals surface area (Å²) in [4.78, 5) is 11.9. The molecule has 0 atom stereocenters. The van der Waals surface area contributed by atoms with E-state index in [0.717, 1.165) is 25.9 Å². The van der Waals surface area contributed by atoms with Crippen LogP contribution in [0.4, 0.5) is 0 Å². The van der Waals surface area contributed by atoms with E-state index in [-0.39, 0.29) is 18.3 Å². The first-order valence-electron chi connectivity index (χ1n) is 9.04. The molecule has 1 aliphatic rings. The van der Waals surface area contributed by atoms with E-state index in [2.05, 4.69) is 10.6 Å². The third-order valence-corrected chi connectivity index (χ3v) is 4.48. The van der Waals surface area contributed by atoms with Crippen molar-refractivity contribution in [1.29, 1.82) is 0 Å². The average Bonchev–Trinajstić information content (AvgIpc) is 2.66. The Morgan fingerprint density at radius 2 is 1.73 bits per heavy atom. The van der Waals surface area contributed by atoms with Crippen LogP contribution in [0.15, 0.2) is 18.2 Å². The van der Waals surface area contributed by atoms with E-state index < -0.39 is 0 Å². The Labute approximate surface area is 162 Å². The number of halogens is 1. The van der Waals surface area contributed by atoms with Gasteiger partial charge in [-0.15, -0.1) is 12.4 Å². The maximum absolute atomic E-state index is 11.9. The quantitative estimate of drug-likeness (QED) is 0.605. The molecule has 1 aromatic carbocycles. The molecule has 2 N–H and O–H groups in total. The summed E-state index contributed by atoms with van der Waals surface area (Å²) >= 11 is 0. The minimum atomic E-state index is 0. The van der Waals surface area contributed by atoms with E-state index in [1.54, 1.807) is 20.3 Å². The molecule has 0 unspecified atom stereocenters. The smallest absolute Gasteiger partial charge is 0.220 e. The largest absolute Gasteiger partial charge is 0.496 e. The van der Waals surface area contributed by atoms with Crippen LogP contribution in [0, 0.1) is 5.92 Å². The number of nitrogens with one attached hydrogen (secondary N) is 2. The summed E-state index contributed by atoms with van der Waals surface area (Å²) in [5.74, 6) is 2.93. The van der Waals surface area contributed by atoms with E-state index in [1.807, 2.05) is 12.1 Å². The van der Waals surface area contributed by atoms with Gasteiger partial charge < -0.3 is 24.8 Å². The highest BCUT2D eigenvalue weighted by Crippen LogP contribution is 2.27. The lowest BCUT2D eigenvalue weighted by atomic mass is 9.93. The van der Waals surface area contributed by atoms with Crippen LogP contribution in [0.25, 0.3) is 0 Å². The second-order valence-corrected chi connectivity index (χ2v) is 6.33. The van der Waals surface area contributed by atoms with E-state index in [1.165, 1.54) is 12.8 Å². The Morgan fingerprint density at radius 3 is 2.35 bits per heavy atom. The Kier molecular flexibility index (Phi) is 10.9. The predicted molar refractivity (Wildman–Crippen MR) is 105 cm³/mol. The summed E-state index contributed by atoms with van der Waals surface area (Å²) in [7, 11) is 3.22. The van der Waals surface area contributed by atoms with Gasteiger partial charge in [0.05, 0.1) is 20.8 Å². The molecule has 1 saturated heterocycles. The number of rotatable bonds is 10. The highest BCUT2D eigenvalue weighted by Gasteiger charge is 2.14. The topological polar surface area (TPSA) is 68.8 Å². The van der Waals surface area contributed by atoms with Crippen LogP contribution in [0.5, 0.6) is 17.2 Å². The van der Waals surface area contributed by atoms with Gasteiger partial charge >= 0.3 is 0 Å². The van der Waals surface area contributed by atoms with Crippen molar-refractivity contribution in [1.82, 2.24) is 10.6 Å². The van der Waals surface area contributed by atoms with Gasteiger partial charge in [0.1, 0.15) is 17.2 Å². The molecule has 0 radical (unpaired) electrons. The van der Waals surface area contributed by atoms with Crippen molar-refractivity contribution >= 4 is 18.3 Å². The zero-order chi connectivity index (χ0) is 17.9. The number of carbonyl (C=O) groups is 1. The second kappa shape index (κ2) is 12.7. The van der Waals surface area contributed by atoms with Gasteiger partial charge in [0, 0.05) is 31.2 Å². The van der Waals surface area contributed by atoms with E-state index in [0.29, 0.717) is 42.7 Å². The molecule has 1 amide bonds. The standard InChI is InChI=1S/C19H30N2O4.ClH/c1-23-16-12-17(24-2)14-18(13-16)25-11-3-8-21-19(22)5-4-15-6-9-20-10-7-15;/h12-15,20H,3-11H2,1-2H3,(H,21,22);1H. The van der Waals surface area contributed by atoms with Crippen molar-refractivity contribution in [3.05, 3.63) is 18.2 Å². The fraction of sp³-hybridized carbons (Fsp3) is 0.632. The summed E-state index contributed by atoms with van der Waals surface area (Å²) in [6.07, 6.45) is 4.75. The molecular weight excluding hydrogens is 356 g/mol. The molecule has 0 bridgehead atoms. The van der Waals surface area contributed by atoms with Crippen LogP contribution in [0.2, 0.25) is 0 Å². The molecule has 1 aromatic rings. The number of benzene rings is 1. The molecule has 1 aliphatic heterocycles. The number of methoxy groups -OCH3 is 2. The first kappa shape index (κ1) is 22.4. The number of amides is 1. The Morgan fingerprint density at radius 1 is 1.12 bits per heavy atom. The maximum atomic E-state index is 11.9. The highest BCUT2D eigenvalue weighted by molar-refractivity contribution is 5.85. The zero-order valence-corrected chi connectivity index (χ0v) is 16.5. The fourth-order valence-corrected chi connectivity index (χ4v) is 2.95. The Bertz CT molecular complexity index is 514. The summed E-state index contributed by atoms with van der Waals surface area (Å²) in [5, 5.41) is 6.32.